The monoisotopic (exact) mass is 297 g/mol. The van der Waals surface area contributed by atoms with Crippen LogP contribution in [-0.4, -0.2) is 25.4 Å². The highest BCUT2D eigenvalue weighted by Crippen LogP contribution is 2.46. The van der Waals surface area contributed by atoms with Crippen molar-refractivity contribution in [3.63, 3.8) is 0 Å². The van der Waals surface area contributed by atoms with Crippen LogP contribution < -0.4 is 0 Å². The molecule has 0 spiro atoms. The number of hydrogen-bond acceptors (Lipinski definition) is 1. The highest BCUT2D eigenvalue weighted by Gasteiger charge is 2.33. The minimum absolute atomic E-state index is 0.0653. The molecule has 2 aromatic carbocycles. The van der Waals surface area contributed by atoms with E-state index in [-0.39, 0.29) is 12.0 Å². The summed E-state index contributed by atoms with van der Waals surface area (Å²) >= 11 is 0. The molecule has 2 aromatic rings. The Balaban J connectivity index is 2.01. The summed E-state index contributed by atoms with van der Waals surface area (Å²) in [7, 11) is 0. The van der Waals surface area contributed by atoms with Crippen LogP contribution in [0.4, 0.5) is 0 Å². The molecule has 0 saturated carbocycles. The van der Waals surface area contributed by atoms with Gasteiger partial charge in [-0.2, -0.15) is 0 Å². The van der Waals surface area contributed by atoms with Crippen LogP contribution in [0, 0.1) is 0 Å². The molecule has 1 nitrogen and oxygen atoms in total. The summed E-state index contributed by atoms with van der Waals surface area (Å²) in [5, 5.41) is 0. The van der Waals surface area contributed by atoms with Gasteiger partial charge in [0.25, 0.3) is 0 Å². The van der Waals surface area contributed by atoms with Gasteiger partial charge in [0.05, 0.1) is 0 Å². The van der Waals surface area contributed by atoms with Crippen LogP contribution in [-0.2, 0) is 5.41 Å². The number of rotatable bonds is 3. The lowest BCUT2D eigenvalue weighted by Gasteiger charge is -2.36. The van der Waals surface area contributed by atoms with Crippen molar-refractivity contribution in [2.75, 3.05) is 20.5 Å². The average Bonchev–Trinajstić information content (AvgIpc) is 2.59. The summed E-state index contributed by atoms with van der Waals surface area (Å²) in [6.45, 7) is -0.981. The van der Waals surface area contributed by atoms with Crippen molar-refractivity contribution in [3.8, 4) is 0 Å². The van der Waals surface area contributed by atoms with Gasteiger partial charge in [0.1, 0.15) is 0 Å². The van der Waals surface area contributed by atoms with Gasteiger partial charge in [0.15, 0.2) is 0 Å². The Hall–Kier alpha value is -1.86. The quantitative estimate of drug-likeness (QED) is 0.793. The average molecular weight is 297 g/mol. The van der Waals surface area contributed by atoms with Crippen molar-refractivity contribution in [1.29, 1.82) is 0 Å². The fraction of sp³-hybridized carbons (Fsp3) is 0.333. The Bertz CT molecular complexity index is 827. The van der Waals surface area contributed by atoms with Crippen LogP contribution in [0.3, 0.4) is 0 Å². The topological polar surface area (TPSA) is 3.24 Å². The van der Waals surface area contributed by atoms with Crippen LogP contribution in [0.5, 0.6) is 0 Å². The summed E-state index contributed by atoms with van der Waals surface area (Å²) in [5.74, 6) is 0. The number of nitrogens with zero attached hydrogens (tertiary/aromatic N) is 1. The lowest BCUT2D eigenvalue weighted by molar-refractivity contribution is 0.417. The predicted octanol–water partition coefficient (Wildman–Crippen LogP) is 4.71. The van der Waals surface area contributed by atoms with Gasteiger partial charge in [-0.25, -0.2) is 0 Å². The molecule has 0 N–H and O–H groups in total. The van der Waals surface area contributed by atoms with E-state index in [9.17, 15) is 0 Å². The smallest absolute Gasteiger partial charge is 0.0394 e. The first-order valence-corrected chi connectivity index (χ1v) is 7.62. The van der Waals surface area contributed by atoms with Crippen molar-refractivity contribution in [2.24, 2.45) is 0 Å². The fourth-order valence-electron chi connectivity index (χ4n) is 3.37. The van der Waals surface area contributed by atoms with Gasteiger partial charge in [-0.15, -0.1) is 0 Å². The second kappa shape index (κ2) is 5.73. The van der Waals surface area contributed by atoms with E-state index in [0.29, 0.717) is 11.3 Å². The molecular weight excluding hydrogens is 266 g/mol. The normalized spacial score (nSPS) is 20.6. The van der Waals surface area contributed by atoms with Crippen molar-refractivity contribution >= 4 is 5.57 Å². The maximum absolute atomic E-state index is 7.53. The Morgan fingerprint density at radius 1 is 0.955 bits per heavy atom. The second-order valence-electron chi connectivity index (χ2n) is 6.27. The fourth-order valence-corrected chi connectivity index (χ4v) is 3.37. The summed E-state index contributed by atoms with van der Waals surface area (Å²) in [6.07, 6.45) is 2.30. The SMILES string of the molecule is [2H]C([2H])([2H])N(CCC=C1c2ccccc2C(C)(C)c2ccccc21)C([2H])([2H])[2H]. The first-order chi connectivity index (χ1) is 12.9. The Morgan fingerprint density at radius 2 is 1.50 bits per heavy atom. The van der Waals surface area contributed by atoms with Crippen molar-refractivity contribution in [1.82, 2.24) is 4.90 Å². The molecule has 0 unspecified atom stereocenters. The van der Waals surface area contributed by atoms with Gasteiger partial charge in [0.2, 0.25) is 0 Å². The zero-order chi connectivity index (χ0) is 20.7. The molecule has 1 aliphatic carbocycles. The van der Waals surface area contributed by atoms with Crippen LogP contribution in [0.2, 0.25) is 0 Å². The van der Waals surface area contributed by atoms with E-state index in [1.807, 2.05) is 30.3 Å². The van der Waals surface area contributed by atoms with Gasteiger partial charge >= 0.3 is 0 Å². The van der Waals surface area contributed by atoms with Gasteiger partial charge in [-0.3, -0.25) is 0 Å². The zero-order valence-corrected chi connectivity index (χ0v) is 13.1. The highest BCUT2D eigenvalue weighted by molar-refractivity contribution is 5.87. The standard InChI is InChI=1S/C21H25N/c1-21(2)19-13-7-5-10-17(19)16(12-9-15-22(3)4)18-11-6-8-14-20(18)21/h5-8,10-14H,9,15H2,1-4H3/i3D3,4D3. The van der Waals surface area contributed by atoms with Gasteiger partial charge in [-0.05, 0) is 48.2 Å². The van der Waals surface area contributed by atoms with Crippen LogP contribution in [0.1, 0.15) is 50.7 Å². The number of fused-ring (bicyclic) bond motifs is 2. The summed E-state index contributed by atoms with van der Waals surface area (Å²) in [5.41, 5.74) is 5.53. The van der Waals surface area contributed by atoms with Gasteiger partial charge in [0, 0.05) is 20.2 Å². The Kier molecular flexibility index (Phi) is 2.43. The molecule has 0 fully saturated rings. The first kappa shape index (κ1) is 9.32. The lowest BCUT2D eigenvalue weighted by atomic mass is 9.67. The molecule has 0 amide bonds. The lowest BCUT2D eigenvalue weighted by Crippen LogP contribution is -2.26. The molecule has 0 aliphatic heterocycles. The molecule has 1 heteroatoms. The Morgan fingerprint density at radius 3 is 2.05 bits per heavy atom. The summed E-state index contributed by atoms with van der Waals surface area (Å²) < 4.78 is 45.2. The molecule has 3 rings (SSSR count). The van der Waals surface area contributed by atoms with E-state index in [1.54, 1.807) is 0 Å². The molecule has 0 aromatic heterocycles. The number of benzene rings is 2. The maximum atomic E-state index is 7.53. The van der Waals surface area contributed by atoms with E-state index < -0.39 is 14.0 Å². The van der Waals surface area contributed by atoms with Crippen molar-refractivity contribution < 1.29 is 8.22 Å². The highest BCUT2D eigenvalue weighted by atomic mass is 15.0. The zero-order valence-electron chi connectivity index (χ0n) is 19.1. The summed E-state index contributed by atoms with van der Waals surface area (Å²) in [4.78, 5) is 0.613. The summed E-state index contributed by atoms with van der Waals surface area (Å²) in [6, 6.07) is 16.4. The third-order valence-electron chi connectivity index (χ3n) is 4.48. The van der Waals surface area contributed by atoms with E-state index in [4.69, 9.17) is 8.22 Å². The van der Waals surface area contributed by atoms with Gasteiger partial charge in [-0.1, -0.05) is 68.5 Å². The van der Waals surface area contributed by atoms with Crippen LogP contribution in [0.15, 0.2) is 54.6 Å². The molecule has 0 saturated heterocycles. The molecule has 1 aliphatic rings. The third kappa shape index (κ3) is 2.50. The van der Waals surface area contributed by atoms with E-state index in [1.165, 1.54) is 11.1 Å². The second-order valence-corrected chi connectivity index (χ2v) is 6.27. The molecular formula is C21H25N. The molecule has 0 atom stereocenters. The molecule has 0 bridgehead atoms. The van der Waals surface area contributed by atoms with Crippen LogP contribution in [0.25, 0.3) is 5.57 Å². The van der Waals surface area contributed by atoms with E-state index in [0.717, 1.165) is 16.7 Å². The van der Waals surface area contributed by atoms with Crippen molar-refractivity contribution in [2.45, 2.75) is 25.7 Å². The first-order valence-electron chi connectivity index (χ1n) is 10.6. The third-order valence-corrected chi connectivity index (χ3v) is 4.48. The largest absolute Gasteiger partial charge is 0.309 e. The van der Waals surface area contributed by atoms with Crippen molar-refractivity contribution in [3.05, 3.63) is 76.9 Å². The Labute approximate surface area is 142 Å². The van der Waals surface area contributed by atoms with E-state index in [2.05, 4.69) is 38.1 Å². The van der Waals surface area contributed by atoms with E-state index >= 15 is 0 Å². The molecule has 22 heavy (non-hydrogen) atoms. The maximum Gasteiger partial charge on any atom is 0.0394 e. The minimum atomic E-state index is -2.66. The van der Waals surface area contributed by atoms with Crippen LogP contribution >= 0.6 is 0 Å². The number of hydrogen-bond donors (Lipinski definition) is 0. The predicted molar refractivity (Wildman–Crippen MR) is 95.3 cm³/mol. The van der Waals surface area contributed by atoms with Gasteiger partial charge < -0.3 is 4.90 Å². The minimum Gasteiger partial charge on any atom is -0.309 e. The molecule has 114 valence electrons. The molecule has 0 radical (unpaired) electrons. The molecule has 0 heterocycles.